The van der Waals surface area contributed by atoms with E-state index in [0.29, 0.717) is 11.2 Å². The van der Waals surface area contributed by atoms with E-state index in [1.54, 1.807) is 0 Å². The van der Waals surface area contributed by atoms with E-state index in [9.17, 15) is 0 Å². The lowest BCUT2D eigenvalue weighted by molar-refractivity contribution is 0.286. The van der Waals surface area contributed by atoms with Crippen molar-refractivity contribution >= 4 is 23.5 Å². The largest absolute Gasteiger partial charge is 0.396 e. The van der Waals surface area contributed by atoms with Gasteiger partial charge in [-0.05, 0) is 24.3 Å². The van der Waals surface area contributed by atoms with E-state index in [4.69, 9.17) is 5.11 Å². The van der Waals surface area contributed by atoms with Crippen LogP contribution in [0.15, 0.2) is 0 Å². The molecule has 0 rings (SSSR count). The molecule has 1 N–H and O–H groups in total. The number of aliphatic hydroxyl groups excluding tert-OH is 1. The van der Waals surface area contributed by atoms with E-state index in [-0.39, 0.29) is 0 Å². The predicted octanol–water partition coefficient (Wildman–Crippen LogP) is 2.59. The molecule has 0 aliphatic carbocycles. The predicted molar refractivity (Wildman–Crippen MR) is 56.4 cm³/mol. The van der Waals surface area contributed by atoms with Gasteiger partial charge >= 0.3 is 0 Å². The van der Waals surface area contributed by atoms with Crippen LogP contribution in [0.1, 0.15) is 26.7 Å². The topological polar surface area (TPSA) is 20.2 Å². The highest BCUT2D eigenvalue weighted by molar-refractivity contribution is 8.16. The molecule has 0 aliphatic heterocycles. The average molecular weight is 194 g/mol. The van der Waals surface area contributed by atoms with Crippen molar-refractivity contribution in [1.82, 2.24) is 0 Å². The molecule has 0 aromatic rings. The Morgan fingerprint density at radius 1 is 1.18 bits per heavy atom. The lowest BCUT2D eigenvalue weighted by Gasteiger charge is -2.12. The zero-order valence-electron chi connectivity index (χ0n) is 7.38. The third-order valence-electron chi connectivity index (χ3n) is 1.30. The van der Waals surface area contributed by atoms with Crippen molar-refractivity contribution in [3.8, 4) is 0 Å². The molecule has 0 spiro atoms. The average Bonchev–Trinajstić information content (AvgIpc) is 2.01. The van der Waals surface area contributed by atoms with Crippen LogP contribution in [0, 0.1) is 0 Å². The van der Waals surface area contributed by atoms with Gasteiger partial charge in [0.2, 0.25) is 0 Å². The van der Waals surface area contributed by atoms with E-state index in [2.05, 4.69) is 13.8 Å². The molecule has 0 heterocycles. The van der Waals surface area contributed by atoms with Crippen molar-refractivity contribution in [2.45, 2.75) is 31.3 Å². The van der Waals surface area contributed by atoms with Crippen LogP contribution in [0.3, 0.4) is 0 Å². The van der Waals surface area contributed by atoms with Crippen LogP contribution < -0.4 is 0 Å². The van der Waals surface area contributed by atoms with Crippen molar-refractivity contribution < 1.29 is 5.11 Å². The second kappa shape index (κ2) is 8.75. The summed E-state index contributed by atoms with van der Waals surface area (Å²) in [6.07, 6.45) is 2.10. The molecule has 1 nitrogen and oxygen atoms in total. The summed E-state index contributed by atoms with van der Waals surface area (Å²) in [7, 11) is 0. The van der Waals surface area contributed by atoms with E-state index in [1.807, 2.05) is 23.5 Å². The second-order valence-electron chi connectivity index (χ2n) is 2.21. The van der Waals surface area contributed by atoms with Crippen molar-refractivity contribution in [1.29, 1.82) is 0 Å². The van der Waals surface area contributed by atoms with Crippen LogP contribution in [-0.2, 0) is 0 Å². The molecule has 0 fully saturated rings. The molecule has 0 saturated heterocycles. The SMILES string of the molecule is CCSC(CCCO)SCC. The Morgan fingerprint density at radius 2 is 1.73 bits per heavy atom. The van der Waals surface area contributed by atoms with Gasteiger partial charge < -0.3 is 5.11 Å². The van der Waals surface area contributed by atoms with Crippen LogP contribution in [0.5, 0.6) is 0 Å². The normalized spacial score (nSPS) is 10.9. The monoisotopic (exact) mass is 194 g/mol. The summed E-state index contributed by atoms with van der Waals surface area (Å²) in [4.78, 5) is 0. The first-order valence-electron chi connectivity index (χ1n) is 4.19. The van der Waals surface area contributed by atoms with Crippen LogP contribution in [0.25, 0.3) is 0 Å². The van der Waals surface area contributed by atoms with Crippen molar-refractivity contribution in [2.75, 3.05) is 18.1 Å². The molecule has 0 unspecified atom stereocenters. The Balaban J connectivity index is 3.34. The van der Waals surface area contributed by atoms with Gasteiger partial charge in [-0.2, -0.15) is 0 Å². The maximum atomic E-state index is 8.63. The van der Waals surface area contributed by atoms with Gasteiger partial charge in [-0.1, -0.05) is 13.8 Å². The molecule has 11 heavy (non-hydrogen) atoms. The summed E-state index contributed by atoms with van der Waals surface area (Å²) in [6, 6.07) is 0. The van der Waals surface area contributed by atoms with Crippen LogP contribution in [0.4, 0.5) is 0 Å². The Bertz CT molecular complexity index is 72.5. The minimum atomic E-state index is 0.338. The highest BCUT2D eigenvalue weighted by Gasteiger charge is 2.05. The molecule has 0 aromatic carbocycles. The molecule has 0 atom stereocenters. The highest BCUT2D eigenvalue weighted by Crippen LogP contribution is 2.27. The molecular formula is C8H18OS2. The van der Waals surface area contributed by atoms with E-state index in [0.717, 1.165) is 12.8 Å². The minimum Gasteiger partial charge on any atom is -0.396 e. The molecule has 0 aromatic heterocycles. The smallest absolute Gasteiger partial charge is 0.0503 e. The number of aliphatic hydroxyl groups is 1. The van der Waals surface area contributed by atoms with Crippen LogP contribution in [-0.4, -0.2) is 27.8 Å². The quantitative estimate of drug-likeness (QED) is 0.629. The summed E-state index contributed by atoms with van der Waals surface area (Å²) in [6.45, 7) is 4.71. The maximum absolute atomic E-state index is 8.63. The third kappa shape index (κ3) is 7.04. The van der Waals surface area contributed by atoms with E-state index >= 15 is 0 Å². The first kappa shape index (κ1) is 11.7. The molecule has 0 saturated carbocycles. The highest BCUT2D eigenvalue weighted by atomic mass is 32.2. The van der Waals surface area contributed by atoms with Crippen LogP contribution in [0.2, 0.25) is 0 Å². The fourth-order valence-electron chi connectivity index (χ4n) is 0.845. The first-order chi connectivity index (χ1) is 5.35. The number of thioether (sulfide) groups is 2. The van der Waals surface area contributed by atoms with Gasteiger partial charge in [0.1, 0.15) is 0 Å². The van der Waals surface area contributed by atoms with Gasteiger partial charge in [0.05, 0.1) is 4.58 Å². The molecule has 3 heteroatoms. The Kier molecular flexibility index (Phi) is 9.28. The number of hydrogen-bond donors (Lipinski definition) is 1. The van der Waals surface area contributed by atoms with Gasteiger partial charge in [0, 0.05) is 6.61 Å². The van der Waals surface area contributed by atoms with E-state index < -0.39 is 0 Å². The van der Waals surface area contributed by atoms with Gasteiger partial charge in [-0.25, -0.2) is 0 Å². The summed E-state index contributed by atoms with van der Waals surface area (Å²) in [5, 5.41) is 8.63. The van der Waals surface area contributed by atoms with Crippen LogP contribution >= 0.6 is 23.5 Å². The minimum absolute atomic E-state index is 0.338. The summed E-state index contributed by atoms with van der Waals surface area (Å²) < 4.78 is 0.706. The van der Waals surface area contributed by atoms with E-state index in [1.165, 1.54) is 11.5 Å². The van der Waals surface area contributed by atoms with Crippen molar-refractivity contribution in [3.05, 3.63) is 0 Å². The summed E-state index contributed by atoms with van der Waals surface area (Å²) in [5.41, 5.74) is 0. The van der Waals surface area contributed by atoms with Gasteiger partial charge in [0.25, 0.3) is 0 Å². The Labute approximate surface area is 78.3 Å². The maximum Gasteiger partial charge on any atom is 0.0503 e. The lowest BCUT2D eigenvalue weighted by atomic mass is 10.4. The molecule has 0 aliphatic rings. The third-order valence-corrected chi connectivity index (χ3v) is 4.00. The Hall–Kier alpha value is 0.660. The molecular weight excluding hydrogens is 176 g/mol. The Morgan fingerprint density at radius 3 is 2.09 bits per heavy atom. The zero-order valence-corrected chi connectivity index (χ0v) is 9.01. The fraction of sp³-hybridized carbons (Fsp3) is 1.00. The van der Waals surface area contributed by atoms with Gasteiger partial charge in [0.15, 0.2) is 0 Å². The van der Waals surface area contributed by atoms with Crippen molar-refractivity contribution in [3.63, 3.8) is 0 Å². The number of hydrogen-bond acceptors (Lipinski definition) is 3. The lowest BCUT2D eigenvalue weighted by Crippen LogP contribution is -1.99. The fourth-order valence-corrected chi connectivity index (χ4v) is 3.46. The molecule has 68 valence electrons. The van der Waals surface area contributed by atoms with Crippen molar-refractivity contribution in [2.24, 2.45) is 0 Å². The zero-order chi connectivity index (χ0) is 8.53. The molecule has 0 amide bonds. The van der Waals surface area contributed by atoms with Gasteiger partial charge in [-0.15, -0.1) is 23.5 Å². The summed E-state index contributed by atoms with van der Waals surface area (Å²) in [5.74, 6) is 2.37. The summed E-state index contributed by atoms with van der Waals surface area (Å²) >= 11 is 3.99. The number of rotatable bonds is 7. The molecule has 0 bridgehead atoms. The second-order valence-corrected chi connectivity index (χ2v) is 5.46. The standard InChI is InChI=1S/C8H18OS2/c1-3-10-8(11-4-2)6-5-7-9/h8-9H,3-7H2,1-2H3. The first-order valence-corrected chi connectivity index (χ1v) is 6.28. The van der Waals surface area contributed by atoms with Gasteiger partial charge in [-0.3, -0.25) is 0 Å². The molecule has 0 radical (unpaired) electrons.